The maximum atomic E-state index is 14.3. The highest BCUT2D eigenvalue weighted by molar-refractivity contribution is 5.89. The summed E-state index contributed by atoms with van der Waals surface area (Å²) in [5.41, 5.74) is 0.822. The lowest BCUT2D eigenvalue weighted by Gasteiger charge is -2.18. The molecule has 2 heterocycles. The Morgan fingerprint density at radius 3 is 2.64 bits per heavy atom. The van der Waals surface area contributed by atoms with Crippen molar-refractivity contribution in [3.8, 4) is 0 Å². The van der Waals surface area contributed by atoms with Crippen molar-refractivity contribution in [3.63, 3.8) is 0 Å². The molecular weight excluding hydrogens is 328 g/mol. The zero-order valence-corrected chi connectivity index (χ0v) is 13.6. The standard InChI is InChI=1S/C18H17F2N3O2/c1-10-4-15(19)17(16(20)5-10)14-9-23-18(25)13(14)7-12(24)6-11-8-21-2-3-22-11/h2-5,8,13-14H,6-7,9H2,1H3,(H,23,25)/t13-,14+/m0/s1. The fraction of sp³-hybridized carbons (Fsp3) is 0.333. The van der Waals surface area contributed by atoms with Gasteiger partial charge in [-0.05, 0) is 24.6 Å². The Morgan fingerprint density at radius 1 is 1.28 bits per heavy atom. The average Bonchev–Trinajstić information content (AvgIpc) is 2.88. The molecule has 1 fully saturated rings. The summed E-state index contributed by atoms with van der Waals surface area (Å²) < 4.78 is 28.5. The van der Waals surface area contributed by atoms with Gasteiger partial charge in [-0.3, -0.25) is 19.6 Å². The van der Waals surface area contributed by atoms with Crippen molar-refractivity contribution in [2.24, 2.45) is 5.92 Å². The number of ketones is 1. The highest BCUT2D eigenvalue weighted by Gasteiger charge is 2.39. The molecule has 1 aliphatic heterocycles. The molecule has 1 amide bonds. The van der Waals surface area contributed by atoms with Gasteiger partial charge in [0.1, 0.15) is 17.4 Å². The van der Waals surface area contributed by atoms with Crippen LogP contribution < -0.4 is 5.32 Å². The second-order valence-corrected chi connectivity index (χ2v) is 6.22. The van der Waals surface area contributed by atoms with Crippen LogP contribution in [0.4, 0.5) is 8.78 Å². The number of hydrogen-bond acceptors (Lipinski definition) is 4. The Bertz CT molecular complexity index is 788. The Hall–Kier alpha value is -2.70. The van der Waals surface area contributed by atoms with Gasteiger partial charge in [0.05, 0.1) is 18.0 Å². The topological polar surface area (TPSA) is 72.0 Å². The molecule has 3 rings (SSSR count). The third-order valence-electron chi connectivity index (χ3n) is 4.36. The monoisotopic (exact) mass is 345 g/mol. The van der Waals surface area contributed by atoms with E-state index in [9.17, 15) is 18.4 Å². The summed E-state index contributed by atoms with van der Waals surface area (Å²) in [7, 11) is 0. The molecule has 1 saturated heterocycles. The lowest BCUT2D eigenvalue weighted by Crippen LogP contribution is -2.23. The van der Waals surface area contributed by atoms with Crippen molar-refractivity contribution in [2.45, 2.75) is 25.7 Å². The van der Waals surface area contributed by atoms with Crippen LogP contribution in [0, 0.1) is 24.5 Å². The number of benzene rings is 1. The normalized spacial score (nSPS) is 19.7. The molecule has 0 radical (unpaired) electrons. The van der Waals surface area contributed by atoms with Gasteiger partial charge in [0, 0.05) is 43.0 Å². The van der Waals surface area contributed by atoms with E-state index in [0.717, 1.165) is 0 Å². The SMILES string of the molecule is Cc1cc(F)c([C@@H]2CNC(=O)[C@H]2CC(=O)Cc2cnccn2)c(F)c1. The quantitative estimate of drug-likeness (QED) is 0.901. The number of amides is 1. The number of aryl methyl sites for hydroxylation is 1. The van der Waals surface area contributed by atoms with Crippen LogP contribution in [0.1, 0.15) is 29.2 Å². The van der Waals surface area contributed by atoms with Crippen molar-refractivity contribution in [3.05, 3.63) is 59.2 Å². The molecule has 0 spiro atoms. The predicted octanol–water partition coefficient (Wildman–Crippen LogP) is 2.09. The van der Waals surface area contributed by atoms with Crippen LogP contribution in [0.15, 0.2) is 30.7 Å². The van der Waals surface area contributed by atoms with Crippen LogP contribution >= 0.6 is 0 Å². The number of aromatic nitrogens is 2. The number of rotatable bonds is 5. The highest BCUT2D eigenvalue weighted by Crippen LogP contribution is 2.35. The molecule has 1 aromatic carbocycles. The number of Topliss-reactive ketones (excluding diaryl/α,β-unsaturated/α-hetero) is 1. The van der Waals surface area contributed by atoms with Crippen LogP contribution in [-0.4, -0.2) is 28.2 Å². The summed E-state index contributed by atoms with van der Waals surface area (Å²) in [4.78, 5) is 32.3. The van der Waals surface area contributed by atoms with E-state index in [4.69, 9.17) is 0 Å². The fourth-order valence-corrected chi connectivity index (χ4v) is 3.21. The highest BCUT2D eigenvalue weighted by atomic mass is 19.1. The predicted molar refractivity (Wildman–Crippen MR) is 85.7 cm³/mol. The first-order valence-corrected chi connectivity index (χ1v) is 7.95. The molecule has 0 aliphatic carbocycles. The minimum atomic E-state index is -0.795. The number of nitrogens with one attached hydrogen (secondary N) is 1. The van der Waals surface area contributed by atoms with Crippen LogP contribution in [0.5, 0.6) is 0 Å². The Labute approximate surface area is 143 Å². The van der Waals surface area contributed by atoms with Gasteiger partial charge >= 0.3 is 0 Å². The Balaban J connectivity index is 1.80. The second kappa shape index (κ2) is 7.04. The van der Waals surface area contributed by atoms with Crippen molar-refractivity contribution < 1.29 is 18.4 Å². The van der Waals surface area contributed by atoms with Gasteiger partial charge in [0.15, 0.2) is 0 Å². The third kappa shape index (κ3) is 3.70. The number of nitrogens with zero attached hydrogens (tertiary/aromatic N) is 2. The molecule has 0 bridgehead atoms. The first-order valence-electron chi connectivity index (χ1n) is 7.95. The van der Waals surface area contributed by atoms with E-state index < -0.39 is 23.5 Å². The smallest absolute Gasteiger partial charge is 0.224 e. The van der Waals surface area contributed by atoms with E-state index in [1.807, 2.05) is 0 Å². The van der Waals surface area contributed by atoms with Crippen LogP contribution in [0.25, 0.3) is 0 Å². The molecule has 1 aromatic heterocycles. The van der Waals surface area contributed by atoms with E-state index in [-0.39, 0.29) is 36.6 Å². The molecule has 2 aromatic rings. The molecule has 5 nitrogen and oxygen atoms in total. The molecule has 2 atom stereocenters. The molecule has 0 unspecified atom stereocenters. The summed E-state index contributed by atoms with van der Waals surface area (Å²) in [6.45, 7) is 1.70. The second-order valence-electron chi connectivity index (χ2n) is 6.22. The molecule has 130 valence electrons. The van der Waals surface area contributed by atoms with E-state index in [0.29, 0.717) is 11.3 Å². The average molecular weight is 345 g/mol. The third-order valence-corrected chi connectivity index (χ3v) is 4.36. The summed E-state index contributed by atoms with van der Waals surface area (Å²) in [5, 5.41) is 2.60. The first kappa shape index (κ1) is 17.1. The molecule has 7 heteroatoms. The number of hydrogen-bond donors (Lipinski definition) is 1. The van der Waals surface area contributed by atoms with Gasteiger partial charge in [-0.15, -0.1) is 0 Å². The summed E-state index contributed by atoms with van der Waals surface area (Å²) in [6.07, 6.45) is 4.38. The lowest BCUT2D eigenvalue weighted by molar-refractivity contribution is -0.127. The van der Waals surface area contributed by atoms with E-state index >= 15 is 0 Å². The Kier molecular flexibility index (Phi) is 4.83. The molecule has 1 aliphatic rings. The van der Waals surface area contributed by atoms with Crippen LogP contribution in [0.2, 0.25) is 0 Å². The van der Waals surface area contributed by atoms with Gasteiger partial charge in [-0.1, -0.05) is 0 Å². The largest absolute Gasteiger partial charge is 0.355 e. The lowest BCUT2D eigenvalue weighted by atomic mass is 9.84. The summed E-state index contributed by atoms with van der Waals surface area (Å²) >= 11 is 0. The maximum absolute atomic E-state index is 14.3. The minimum absolute atomic E-state index is 0.0310. The van der Waals surface area contributed by atoms with Gasteiger partial charge in [0.25, 0.3) is 0 Å². The molecule has 0 saturated carbocycles. The van der Waals surface area contributed by atoms with Crippen molar-refractivity contribution >= 4 is 11.7 Å². The Morgan fingerprint density at radius 2 is 2.00 bits per heavy atom. The summed E-state index contributed by atoms with van der Waals surface area (Å²) in [5.74, 6) is -3.47. The maximum Gasteiger partial charge on any atom is 0.224 e. The number of carbonyl (C=O) groups excluding carboxylic acids is 2. The van der Waals surface area contributed by atoms with E-state index in [1.165, 1.54) is 30.7 Å². The summed E-state index contributed by atoms with van der Waals surface area (Å²) in [6, 6.07) is 2.47. The van der Waals surface area contributed by atoms with Crippen molar-refractivity contribution in [1.82, 2.24) is 15.3 Å². The molecule has 25 heavy (non-hydrogen) atoms. The zero-order chi connectivity index (χ0) is 18.0. The fourth-order valence-electron chi connectivity index (χ4n) is 3.21. The minimum Gasteiger partial charge on any atom is -0.355 e. The van der Waals surface area contributed by atoms with E-state index in [1.54, 1.807) is 6.92 Å². The molecule has 1 N–H and O–H groups in total. The van der Waals surface area contributed by atoms with Gasteiger partial charge in [0.2, 0.25) is 5.91 Å². The van der Waals surface area contributed by atoms with Crippen molar-refractivity contribution in [1.29, 1.82) is 0 Å². The number of halogens is 2. The van der Waals surface area contributed by atoms with Crippen molar-refractivity contribution in [2.75, 3.05) is 6.54 Å². The molecular formula is C18H17F2N3O2. The van der Waals surface area contributed by atoms with Gasteiger partial charge in [-0.25, -0.2) is 8.78 Å². The van der Waals surface area contributed by atoms with Gasteiger partial charge < -0.3 is 5.32 Å². The van der Waals surface area contributed by atoms with E-state index in [2.05, 4.69) is 15.3 Å². The van der Waals surface area contributed by atoms with Crippen LogP contribution in [-0.2, 0) is 16.0 Å². The zero-order valence-electron chi connectivity index (χ0n) is 13.6. The number of carbonyl (C=O) groups is 2. The van der Waals surface area contributed by atoms with Gasteiger partial charge in [-0.2, -0.15) is 0 Å². The van der Waals surface area contributed by atoms with Crippen LogP contribution in [0.3, 0.4) is 0 Å². The first-order chi connectivity index (χ1) is 12.0.